The Morgan fingerprint density at radius 3 is 2.74 bits per heavy atom. The molecule has 0 unspecified atom stereocenters. The number of nitrogens with zero attached hydrogens (tertiary/aromatic N) is 1. The average Bonchev–Trinajstić information content (AvgIpc) is 2.89. The molecule has 0 radical (unpaired) electrons. The smallest absolute Gasteiger partial charge is 0.248 e. The van der Waals surface area contributed by atoms with Crippen molar-refractivity contribution in [3.8, 4) is 0 Å². The highest BCUT2D eigenvalue weighted by molar-refractivity contribution is 7.12. The van der Waals surface area contributed by atoms with Gasteiger partial charge in [0.05, 0.1) is 10.6 Å². The van der Waals surface area contributed by atoms with Crippen molar-refractivity contribution in [1.29, 1.82) is 0 Å². The third-order valence-corrected chi connectivity index (χ3v) is 3.35. The van der Waals surface area contributed by atoms with Crippen molar-refractivity contribution in [2.75, 3.05) is 14.1 Å². The molecule has 19 heavy (non-hydrogen) atoms. The molecular formula is C14H14N2O2S. The molecule has 4 nitrogen and oxygen atoms in total. The van der Waals surface area contributed by atoms with Crippen LogP contribution in [-0.4, -0.2) is 29.8 Å². The summed E-state index contributed by atoms with van der Waals surface area (Å²) in [5.74, 6) is -0.0790. The number of pyridine rings is 1. The average molecular weight is 274 g/mol. The van der Waals surface area contributed by atoms with E-state index in [-0.39, 0.29) is 11.3 Å². The molecule has 98 valence electrons. The fourth-order valence-corrected chi connectivity index (χ4v) is 2.26. The normalized spacial score (nSPS) is 10.8. The van der Waals surface area contributed by atoms with Gasteiger partial charge in [0.2, 0.25) is 11.3 Å². The number of carbonyl (C=O) groups is 1. The van der Waals surface area contributed by atoms with Gasteiger partial charge < -0.3 is 9.88 Å². The number of hydrogen-bond donors (Lipinski definition) is 1. The molecule has 0 aliphatic carbocycles. The van der Waals surface area contributed by atoms with Crippen LogP contribution < -0.4 is 5.56 Å². The molecule has 2 aromatic heterocycles. The van der Waals surface area contributed by atoms with Crippen LogP contribution in [0.2, 0.25) is 0 Å². The quantitative estimate of drug-likeness (QED) is 0.870. The third-order valence-electron chi connectivity index (χ3n) is 2.48. The first-order valence-corrected chi connectivity index (χ1v) is 6.62. The molecule has 1 N–H and O–H groups in total. The lowest BCUT2D eigenvalue weighted by Crippen LogP contribution is -2.12. The molecule has 0 fully saturated rings. The molecule has 0 saturated carbocycles. The van der Waals surface area contributed by atoms with E-state index in [0.29, 0.717) is 16.1 Å². The van der Waals surface area contributed by atoms with Gasteiger partial charge in [0, 0.05) is 31.9 Å². The molecule has 0 saturated heterocycles. The monoisotopic (exact) mass is 274 g/mol. The second kappa shape index (κ2) is 5.67. The Morgan fingerprint density at radius 2 is 2.11 bits per heavy atom. The van der Waals surface area contributed by atoms with Gasteiger partial charge in [-0.25, -0.2) is 0 Å². The van der Waals surface area contributed by atoms with E-state index in [2.05, 4.69) is 4.98 Å². The van der Waals surface area contributed by atoms with Crippen LogP contribution in [0, 0.1) is 0 Å². The number of aromatic nitrogens is 1. The first-order valence-electron chi connectivity index (χ1n) is 5.74. The molecule has 5 heteroatoms. The van der Waals surface area contributed by atoms with E-state index in [9.17, 15) is 9.59 Å². The van der Waals surface area contributed by atoms with Crippen molar-refractivity contribution >= 4 is 23.2 Å². The Kier molecular flexibility index (Phi) is 3.97. The van der Waals surface area contributed by atoms with E-state index >= 15 is 0 Å². The number of ketones is 1. The molecule has 0 atom stereocenters. The summed E-state index contributed by atoms with van der Waals surface area (Å²) in [6, 6.07) is 6.54. The van der Waals surface area contributed by atoms with Crippen LogP contribution in [0.4, 0.5) is 0 Å². The summed E-state index contributed by atoms with van der Waals surface area (Å²) < 4.78 is 0. The van der Waals surface area contributed by atoms with Gasteiger partial charge in [-0.3, -0.25) is 9.59 Å². The van der Waals surface area contributed by atoms with Gasteiger partial charge in [-0.15, -0.1) is 11.3 Å². The lowest BCUT2D eigenvalue weighted by atomic mass is 10.1. The summed E-state index contributed by atoms with van der Waals surface area (Å²) in [5, 5.41) is 1.86. The van der Waals surface area contributed by atoms with Gasteiger partial charge >= 0.3 is 0 Å². The fourth-order valence-electron chi connectivity index (χ4n) is 1.58. The van der Waals surface area contributed by atoms with Crippen LogP contribution in [-0.2, 0) is 0 Å². The molecule has 0 bridgehead atoms. The fraction of sp³-hybridized carbons (Fsp3) is 0.143. The summed E-state index contributed by atoms with van der Waals surface area (Å²) in [7, 11) is 3.75. The minimum atomic E-state index is -0.221. The SMILES string of the molecule is CN(C)/C=C/c1[nH]c(=O)ccc1C(=O)c1cccs1. The number of carbonyl (C=O) groups excluding carboxylic acids is 1. The van der Waals surface area contributed by atoms with Gasteiger partial charge in [-0.1, -0.05) is 6.07 Å². The topological polar surface area (TPSA) is 53.2 Å². The van der Waals surface area contributed by atoms with Crippen molar-refractivity contribution in [1.82, 2.24) is 9.88 Å². The van der Waals surface area contributed by atoms with E-state index in [1.807, 2.05) is 30.4 Å². The van der Waals surface area contributed by atoms with Crippen LogP contribution in [0.5, 0.6) is 0 Å². The van der Waals surface area contributed by atoms with Gasteiger partial charge in [-0.2, -0.15) is 0 Å². The second-order valence-electron chi connectivity index (χ2n) is 4.24. The van der Waals surface area contributed by atoms with Crippen molar-refractivity contribution in [2.24, 2.45) is 0 Å². The molecule has 2 heterocycles. The highest BCUT2D eigenvalue weighted by Gasteiger charge is 2.13. The van der Waals surface area contributed by atoms with Gasteiger partial charge in [-0.05, 0) is 23.6 Å². The molecule has 2 aromatic rings. The lowest BCUT2D eigenvalue weighted by Gasteiger charge is -2.06. The molecule has 0 aliphatic rings. The van der Waals surface area contributed by atoms with Crippen LogP contribution in [0.25, 0.3) is 6.08 Å². The number of rotatable bonds is 4. The van der Waals surface area contributed by atoms with Crippen molar-refractivity contribution in [3.63, 3.8) is 0 Å². The molecule has 0 amide bonds. The summed E-state index contributed by atoms with van der Waals surface area (Å²) in [6.45, 7) is 0. The first-order chi connectivity index (χ1) is 9.08. The summed E-state index contributed by atoms with van der Waals surface area (Å²) in [5.41, 5.74) is 0.806. The first kappa shape index (κ1) is 13.3. The maximum absolute atomic E-state index is 12.3. The maximum atomic E-state index is 12.3. The zero-order valence-corrected chi connectivity index (χ0v) is 11.5. The largest absolute Gasteiger partial charge is 0.383 e. The van der Waals surface area contributed by atoms with E-state index in [1.165, 1.54) is 17.4 Å². The lowest BCUT2D eigenvalue weighted by molar-refractivity contribution is 0.104. The Hall–Kier alpha value is -2.14. The zero-order valence-electron chi connectivity index (χ0n) is 10.7. The number of H-pyrrole nitrogens is 1. The van der Waals surface area contributed by atoms with Crippen LogP contribution in [0.15, 0.2) is 40.6 Å². The maximum Gasteiger partial charge on any atom is 0.248 e. The third kappa shape index (κ3) is 3.20. The minimum absolute atomic E-state index is 0.0790. The molecule has 0 aliphatic heterocycles. The number of hydrogen-bond acceptors (Lipinski definition) is 4. The van der Waals surface area contributed by atoms with Gasteiger partial charge in [0.15, 0.2) is 0 Å². The zero-order chi connectivity index (χ0) is 13.8. The standard InChI is InChI=1S/C14H14N2O2S/c1-16(2)8-7-11-10(5-6-13(17)15-11)14(18)12-4-3-9-19-12/h3-9H,1-2H3,(H,15,17)/b8-7+. The molecule has 2 rings (SSSR count). The minimum Gasteiger partial charge on any atom is -0.383 e. The van der Waals surface area contributed by atoms with Crippen LogP contribution >= 0.6 is 11.3 Å². The number of nitrogens with one attached hydrogen (secondary N) is 1. The Bertz CT molecular complexity index is 654. The second-order valence-corrected chi connectivity index (χ2v) is 5.18. The summed E-state index contributed by atoms with van der Waals surface area (Å²) in [6.07, 6.45) is 3.51. The molecule has 0 spiro atoms. The predicted octanol–water partition coefficient (Wildman–Crippen LogP) is 2.20. The van der Waals surface area contributed by atoms with Crippen LogP contribution in [0.3, 0.4) is 0 Å². The number of aromatic amines is 1. The van der Waals surface area contributed by atoms with E-state index in [4.69, 9.17) is 0 Å². The van der Waals surface area contributed by atoms with E-state index < -0.39 is 0 Å². The highest BCUT2D eigenvalue weighted by atomic mass is 32.1. The van der Waals surface area contributed by atoms with E-state index in [1.54, 1.807) is 24.4 Å². The van der Waals surface area contributed by atoms with Crippen molar-refractivity contribution in [3.05, 3.63) is 62.3 Å². The highest BCUT2D eigenvalue weighted by Crippen LogP contribution is 2.17. The summed E-state index contributed by atoms with van der Waals surface area (Å²) in [4.78, 5) is 28.9. The predicted molar refractivity (Wildman–Crippen MR) is 77.5 cm³/mol. The Labute approximate surface area is 115 Å². The summed E-state index contributed by atoms with van der Waals surface area (Å²) >= 11 is 1.39. The molecular weight excluding hydrogens is 260 g/mol. The van der Waals surface area contributed by atoms with Gasteiger partial charge in [0.1, 0.15) is 0 Å². The Morgan fingerprint density at radius 1 is 1.32 bits per heavy atom. The van der Waals surface area contributed by atoms with Crippen molar-refractivity contribution < 1.29 is 4.79 Å². The Balaban J connectivity index is 2.45. The molecule has 0 aromatic carbocycles. The van der Waals surface area contributed by atoms with E-state index in [0.717, 1.165) is 0 Å². The van der Waals surface area contributed by atoms with Gasteiger partial charge in [0.25, 0.3) is 0 Å². The van der Waals surface area contributed by atoms with Crippen LogP contribution in [0.1, 0.15) is 20.9 Å². The number of thiophene rings is 1. The van der Waals surface area contributed by atoms with Crippen molar-refractivity contribution in [2.45, 2.75) is 0 Å².